The first-order chi connectivity index (χ1) is 9.01. The summed E-state index contributed by atoms with van der Waals surface area (Å²) in [4.78, 5) is 0. The molecule has 0 saturated heterocycles. The lowest BCUT2D eigenvalue weighted by Crippen LogP contribution is -1.98. The molecule has 2 aromatic rings. The van der Waals surface area contributed by atoms with E-state index in [2.05, 4.69) is 21.2 Å². The van der Waals surface area contributed by atoms with Crippen molar-refractivity contribution in [1.82, 2.24) is 0 Å². The van der Waals surface area contributed by atoms with Crippen LogP contribution < -0.4 is 5.32 Å². The number of nitriles is 1. The van der Waals surface area contributed by atoms with E-state index in [9.17, 15) is 8.78 Å². The average molecular weight is 323 g/mol. The van der Waals surface area contributed by atoms with E-state index in [1.165, 1.54) is 6.07 Å². The van der Waals surface area contributed by atoms with Gasteiger partial charge in [0, 0.05) is 6.07 Å². The SMILES string of the molecule is Cc1ccc(C#N)c(Nc2cc(Br)c(F)cc2F)c1. The Hall–Kier alpha value is -1.93. The Bertz CT molecular complexity index is 678. The lowest BCUT2D eigenvalue weighted by Gasteiger charge is -2.11. The summed E-state index contributed by atoms with van der Waals surface area (Å²) in [5.74, 6) is -1.39. The fourth-order valence-electron chi connectivity index (χ4n) is 1.62. The molecule has 0 aliphatic rings. The smallest absolute Gasteiger partial charge is 0.149 e. The van der Waals surface area contributed by atoms with Crippen molar-refractivity contribution in [2.24, 2.45) is 0 Å². The van der Waals surface area contributed by atoms with Crippen LogP contribution in [0.25, 0.3) is 0 Å². The van der Waals surface area contributed by atoms with Gasteiger partial charge in [-0.15, -0.1) is 0 Å². The maximum atomic E-state index is 13.6. The molecular formula is C14H9BrF2N2. The second-order valence-corrected chi connectivity index (χ2v) is 4.89. The molecule has 0 bridgehead atoms. The minimum atomic E-state index is -0.717. The maximum absolute atomic E-state index is 13.6. The number of aryl methyl sites for hydroxylation is 1. The van der Waals surface area contributed by atoms with Gasteiger partial charge in [0.25, 0.3) is 0 Å². The molecular weight excluding hydrogens is 314 g/mol. The molecule has 1 N–H and O–H groups in total. The van der Waals surface area contributed by atoms with Crippen molar-refractivity contribution in [3.63, 3.8) is 0 Å². The third kappa shape index (κ3) is 2.91. The predicted octanol–water partition coefficient (Wildman–Crippen LogP) is 4.65. The van der Waals surface area contributed by atoms with Crippen LogP contribution in [0.2, 0.25) is 0 Å². The van der Waals surface area contributed by atoms with Crippen LogP contribution in [0, 0.1) is 29.9 Å². The standard InChI is InChI=1S/C14H9BrF2N2/c1-8-2-3-9(7-18)13(4-8)19-14-5-10(15)11(16)6-12(14)17/h2-6,19H,1H3. The molecule has 0 saturated carbocycles. The van der Waals surface area contributed by atoms with Gasteiger partial charge < -0.3 is 5.32 Å². The van der Waals surface area contributed by atoms with Gasteiger partial charge >= 0.3 is 0 Å². The molecule has 0 radical (unpaired) electrons. The zero-order valence-corrected chi connectivity index (χ0v) is 11.6. The molecule has 0 aromatic heterocycles. The van der Waals surface area contributed by atoms with Crippen molar-refractivity contribution in [3.05, 3.63) is 57.6 Å². The van der Waals surface area contributed by atoms with Gasteiger partial charge in [0.05, 0.1) is 21.4 Å². The number of nitrogens with zero attached hydrogens (tertiary/aromatic N) is 1. The Balaban J connectivity index is 2.45. The van der Waals surface area contributed by atoms with E-state index >= 15 is 0 Å². The third-order valence-corrected chi connectivity index (χ3v) is 3.18. The van der Waals surface area contributed by atoms with Crippen molar-refractivity contribution >= 4 is 27.3 Å². The first kappa shape index (κ1) is 13.5. The zero-order chi connectivity index (χ0) is 14.0. The zero-order valence-electron chi connectivity index (χ0n) is 9.97. The Morgan fingerprint density at radius 3 is 2.53 bits per heavy atom. The van der Waals surface area contributed by atoms with Crippen molar-refractivity contribution in [2.45, 2.75) is 6.92 Å². The van der Waals surface area contributed by atoms with Crippen molar-refractivity contribution < 1.29 is 8.78 Å². The van der Waals surface area contributed by atoms with Gasteiger partial charge in [-0.3, -0.25) is 0 Å². The number of halogens is 3. The monoisotopic (exact) mass is 322 g/mol. The van der Waals surface area contributed by atoms with E-state index in [1.54, 1.807) is 18.2 Å². The predicted molar refractivity (Wildman–Crippen MR) is 73.2 cm³/mol. The minimum absolute atomic E-state index is 0.107. The Morgan fingerprint density at radius 1 is 1.11 bits per heavy atom. The van der Waals surface area contributed by atoms with Gasteiger partial charge in [0.1, 0.15) is 17.7 Å². The molecule has 19 heavy (non-hydrogen) atoms. The van der Waals surface area contributed by atoms with E-state index in [4.69, 9.17) is 5.26 Å². The normalized spacial score (nSPS) is 10.1. The van der Waals surface area contributed by atoms with Gasteiger partial charge in [0.2, 0.25) is 0 Å². The Labute approximate surface area is 117 Å². The summed E-state index contributed by atoms with van der Waals surface area (Å²) in [5.41, 5.74) is 1.92. The quantitative estimate of drug-likeness (QED) is 0.817. The third-order valence-electron chi connectivity index (χ3n) is 2.57. The molecule has 2 aromatic carbocycles. The fourth-order valence-corrected chi connectivity index (χ4v) is 1.97. The molecule has 0 fully saturated rings. The highest BCUT2D eigenvalue weighted by molar-refractivity contribution is 9.10. The maximum Gasteiger partial charge on any atom is 0.149 e. The highest BCUT2D eigenvalue weighted by Crippen LogP contribution is 2.28. The van der Waals surface area contributed by atoms with Gasteiger partial charge in [-0.05, 0) is 46.6 Å². The van der Waals surface area contributed by atoms with Crippen LogP contribution in [-0.4, -0.2) is 0 Å². The van der Waals surface area contributed by atoms with Crippen LogP contribution in [0.15, 0.2) is 34.8 Å². The van der Waals surface area contributed by atoms with Crippen LogP contribution in [0.1, 0.15) is 11.1 Å². The molecule has 0 spiro atoms. The molecule has 0 aliphatic heterocycles. The second kappa shape index (κ2) is 5.37. The molecule has 0 aliphatic carbocycles. The number of hydrogen-bond acceptors (Lipinski definition) is 2. The van der Waals surface area contributed by atoms with Gasteiger partial charge in [-0.25, -0.2) is 8.78 Å². The van der Waals surface area contributed by atoms with Crippen molar-refractivity contribution in [3.8, 4) is 6.07 Å². The van der Waals surface area contributed by atoms with Gasteiger partial charge in [0.15, 0.2) is 0 Å². The van der Waals surface area contributed by atoms with Gasteiger partial charge in [-0.1, -0.05) is 6.07 Å². The molecule has 96 valence electrons. The second-order valence-electron chi connectivity index (χ2n) is 4.03. The van der Waals surface area contributed by atoms with E-state index < -0.39 is 11.6 Å². The summed E-state index contributed by atoms with van der Waals surface area (Å²) in [6.07, 6.45) is 0. The number of rotatable bonds is 2. The van der Waals surface area contributed by atoms with Crippen molar-refractivity contribution in [1.29, 1.82) is 5.26 Å². The molecule has 2 nitrogen and oxygen atoms in total. The molecule has 0 unspecified atom stereocenters. The molecule has 0 amide bonds. The van der Waals surface area contributed by atoms with Crippen LogP contribution in [-0.2, 0) is 0 Å². The number of benzene rings is 2. The summed E-state index contributed by atoms with van der Waals surface area (Å²) in [6.45, 7) is 1.86. The molecule has 5 heteroatoms. The van der Waals surface area contributed by atoms with Crippen LogP contribution in [0.5, 0.6) is 0 Å². The topological polar surface area (TPSA) is 35.8 Å². The highest BCUT2D eigenvalue weighted by Gasteiger charge is 2.10. The van der Waals surface area contributed by atoms with E-state index in [1.807, 2.05) is 13.0 Å². The van der Waals surface area contributed by atoms with E-state index in [-0.39, 0.29) is 10.2 Å². The largest absolute Gasteiger partial charge is 0.352 e. The molecule has 2 rings (SSSR count). The molecule has 0 atom stereocenters. The van der Waals surface area contributed by atoms with E-state index in [0.29, 0.717) is 11.3 Å². The van der Waals surface area contributed by atoms with E-state index in [0.717, 1.165) is 11.6 Å². The Kier molecular flexibility index (Phi) is 3.82. The fraction of sp³-hybridized carbons (Fsp3) is 0.0714. The first-order valence-corrected chi connectivity index (χ1v) is 6.23. The average Bonchev–Trinajstić information content (AvgIpc) is 2.36. The lowest BCUT2D eigenvalue weighted by molar-refractivity contribution is 0.581. The summed E-state index contributed by atoms with van der Waals surface area (Å²) in [5, 5.41) is 11.8. The lowest BCUT2D eigenvalue weighted by atomic mass is 10.1. The Morgan fingerprint density at radius 2 is 1.84 bits per heavy atom. The molecule has 0 heterocycles. The summed E-state index contributed by atoms with van der Waals surface area (Å²) in [7, 11) is 0. The van der Waals surface area contributed by atoms with Gasteiger partial charge in [-0.2, -0.15) is 5.26 Å². The minimum Gasteiger partial charge on any atom is -0.352 e. The summed E-state index contributed by atoms with van der Waals surface area (Å²) < 4.78 is 26.9. The number of hydrogen-bond donors (Lipinski definition) is 1. The number of anilines is 2. The van der Waals surface area contributed by atoms with Crippen molar-refractivity contribution in [2.75, 3.05) is 5.32 Å². The number of nitrogens with one attached hydrogen (secondary N) is 1. The first-order valence-electron chi connectivity index (χ1n) is 5.43. The van der Waals surface area contributed by atoms with Crippen LogP contribution in [0.4, 0.5) is 20.2 Å². The van der Waals surface area contributed by atoms with Crippen LogP contribution >= 0.6 is 15.9 Å². The highest BCUT2D eigenvalue weighted by atomic mass is 79.9. The van der Waals surface area contributed by atoms with Crippen LogP contribution in [0.3, 0.4) is 0 Å². The summed E-state index contributed by atoms with van der Waals surface area (Å²) >= 11 is 3.00. The summed E-state index contributed by atoms with van der Waals surface area (Å²) in [6, 6.07) is 9.27.